The van der Waals surface area contributed by atoms with Crippen LogP contribution >= 0.6 is 0 Å². The lowest BCUT2D eigenvalue weighted by molar-refractivity contribution is -0.122. The Morgan fingerprint density at radius 1 is 1.56 bits per heavy atom. The van der Waals surface area contributed by atoms with Crippen LogP contribution < -0.4 is 5.32 Å². The number of nitrogens with zero attached hydrogens (tertiary/aromatic N) is 2. The molecule has 0 unspecified atom stereocenters. The Kier molecular flexibility index (Phi) is 4.69. The van der Waals surface area contributed by atoms with Gasteiger partial charge in [-0.25, -0.2) is 4.98 Å². The van der Waals surface area contributed by atoms with Crippen molar-refractivity contribution < 1.29 is 9.59 Å². The molecule has 1 amide bonds. The molecule has 1 aromatic heterocycles. The number of imidazole rings is 1. The highest BCUT2D eigenvalue weighted by Crippen LogP contribution is 1.98. The molecule has 0 aromatic carbocycles. The highest BCUT2D eigenvalue weighted by Gasteiger charge is 2.10. The lowest BCUT2D eigenvalue weighted by Gasteiger charge is -2.14. The molecule has 0 bridgehead atoms. The molecular formula is C11H17N3O2. The fraction of sp³-hybridized carbons (Fsp3) is 0.545. The molecule has 1 aromatic rings. The lowest BCUT2D eigenvalue weighted by Crippen LogP contribution is -2.36. The topological polar surface area (TPSA) is 64.0 Å². The lowest BCUT2D eigenvalue weighted by atomic mass is 10.2. The summed E-state index contributed by atoms with van der Waals surface area (Å²) in [7, 11) is 0. The van der Waals surface area contributed by atoms with Gasteiger partial charge in [0.25, 0.3) is 0 Å². The maximum Gasteiger partial charge on any atom is 0.240 e. The van der Waals surface area contributed by atoms with Gasteiger partial charge in [-0.1, -0.05) is 13.8 Å². The van der Waals surface area contributed by atoms with Crippen molar-refractivity contribution in [3.63, 3.8) is 0 Å². The van der Waals surface area contributed by atoms with E-state index in [0.717, 1.165) is 12.8 Å². The van der Waals surface area contributed by atoms with E-state index < -0.39 is 0 Å². The minimum atomic E-state index is -0.0881. The molecular weight excluding hydrogens is 206 g/mol. The normalized spacial score (nSPS) is 10.4. The zero-order valence-electron chi connectivity index (χ0n) is 9.64. The molecule has 0 atom stereocenters. The molecule has 5 nitrogen and oxygen atoms in total. The SMILES string of the molecule is CCC(CC)NC(=O)Cn1ccnc1C=O. The van der Waals surface area contributed by atoms with Gasteiger partial charge in [-0.15, -0.1) is 0 Å². The number of rotatable bonds is 6. The van der Waals surface area contributed by atoms with Crippen LogP contribution in [0, 0.1) is 0 Å². The number of amides is 1. The van der Waals surface area contributed by atoms with E-state index in [-0.39, 0.29) is 24.3 Å². The Balaban J connectivity index is 2.54. The third-order valence-corrected chi connectivity index (χ3v) is 2.52. The number of carbonyl (C=O) groups is 2. The van der Waals surface area contributed by atoms with Crippen LogP contribution in [0.15, 0.2) is 12.4 Å². The molecule has 16 heavy (non-hydrogen) atoms. The molecule has 88 valence electrons. The summed E-state index contributed by atoms with van der Waals surface area (Å²) in [5.74, 6) is 0.189. The molecule has 0 radical (unpaired) electrons. The third kappa shape index (κ3) is 3.18. The molecule has 5 heteroatoms. The van der Waals surface area contributed by atoms with Crippen LogP contribution in [0.5, 0.6) is 0 Å². The van der Waals surface area contributed by atoms with E-state index in [1.165, 1.54) is 10.8 Å². The molecule has 0 spiro atoms. The first-order valence-electron chi connectivity index (χ1n) is 5.46. The maximum absolute atomic E-state index is 11.6. The summed E-state index contributed by atoms with van der Waals surface area (Å²) in [6, 6.07) is 0.204. The van der Waals surface area contributed by atoms with Crippen molar-refractivity contribution in [1.29, 1.82) is 0 Å². The van der Waals surface area contributed by atoms with Crippen LogP contribution in [-0.2, 0) is 11.3 Å². The van der Waals surface area contributed by atoms with Gasteiger partial charge < -0.3 is 9.88 Å². The average Bonchev–Trinajstić information content (AvgIpc) is 2.73. The van der Waals surface area contributed by atoms with Crippen molar-refractivity contribution in [2.45, 2.75) is 39.3 Å². The fourth-order valence-electron chi connectivity index (χ4n) is 1.49. The summed E-state index contributed by atoms with van der Waals surface area (Å²) in [5.41, 5.74) is 0. The van der Waals surface area contributed by atoms with Gasteiger partial charge >= 0.3 is 0 Å². The molecule has 0 fully saturated rings. The van der Waals surface area contributed by atoms with Gasteiger partial charge in [-0.2, -0.15) is 0 Å². The smallest absolute Gasteiger partial charge is 0.240 e. The van der Waals surface area contributed by atoms with Crippen LogP contribution in [0.25, 0.3) is 0 Å². The molecule has 1 N–H and O–H groups in total. The van der Waals surface area contributed by atoms with Crippen molar-refractivity contribution in [3.8, 4) is 0 Å². The molecule has 0 aliphatic carbocycles. The van der Waals surface area contributed by atoms with E-state index in [0.29, 0.717) is 6.29 Å². The molecule has 0 aliphatic heterocycles. The first-order valence-corrected chi connectivity index (χ1v) is 5.46. The monoisotopic (exact) mass is 223 g/mol. The zero-order valence-corrected chi connectivity index (χ0v) is 9.64. The standard InChI is InChI=1S/C11H17N3O2/c1-3-9(4-2)13-11(16)7-14-6-5-12-10(14)8-15/h5-6,8-9H,3-4,7H2,1-2H3,(H,13,16). The van der Waals surface area contributed by atoms with Crippen molar-refractivity contribution in [1.82, 2.24) is 14.9 Å². The summed E-state index contributed by atoms with van der Waals surface area (Å²) in [6.07, 6.45) is 5.59. The van der Waals surface area contributed by atoms with Crippen LogP contribution in [-0.4, -0.2) is 27.8 Å². The van der Waals surface area contributed by atoms with Crippen LogP contribution in [0.3, 0.4) is 0 Å². The van der Waals surface area contributed by atoms with Gasteiger partial charge in [0.2, 0.25) is 5.91 Å². The van der Waals surface area contributed by atoms with Gasteiger partial charge in [0.15, 0.2) is 12.1 Å². The Morgan fingerprint density at radius 2 is 2.25 bits per heavy atom. The molecule has 0 saturated carbocycles. The van der Waals surface area contributed by atoms with Crippen LogP contribution in [0.2, 0.25) is 0 Å². The number of carbonyl (C=O) groups excluding carboxylic acids is 2. The fourth-order valence-corrected chi connectivity index (χ4v) is 1.49. The number of nitrogens with one attached hydrogen (secondary N) is 1. The second kappa shape index (κ2) is 6.05. The van der Waals surface area contributed by atoms with Gasteiger partial charge in [0.1, 0.15) is 6.54 Å². The summed E-state index contributed by atoms with van der Waals surface area (Å²) >= 11 is 0. The van der Waals surface area contributed by atoms with Gasteiger partial charge in [-0.05, 0) is 12.8 Å². The maximum atomic E-state index is 11.6. The first kappa shape index (κ1) is 12.4. The van der Waals surface area contributed by atoms with Crippen molar-refractivity contribution in [2.75, 3.05) is 0 Å². The van der Waals surface area contributed by atoms with E-state index in [1.54, 1.807) is 6.20 Å². The minimum absolute atomic E-state index is 0.0881. The largest absolute Gasteiger partial charge is 0.352 e. The molecule has 1 heterocycles. The van der Waals surface area contributed by atoms with Crippen molar-refractivity contribution in [3.05, 3.63) is 18.2 Å². The highest BCUT2D eigenvalue weighted by molar-refractivity contribution is 5.77. The summed E-state index contributed by atoms with van der Waals surface area (Å²) < 4.78 is 1.53. The second-order valence-corrected chi connectivity index (χ2v) is 3.61. The minimum Gasteiger partial charge on any atom is -0.352 e. The summed E-state index contributed by atoms with van der Waals surface area (Å²) in [5, 5.41) is 2.90. The number of hydrogen-bond donors (Lipinski definition) is 1. The Morgan fingerprint density at radius 3 is 2.81 bits per heavy atom. The Labute approximate surface area is 94.9 Å². The Hall–Kier alpha value is -1.65. The van der Waals surface area contributed by atoms with E-state index in [1.807, 2.05) is 13.8 Å². The molecule has 0 aliphatic rings. The number of hydrogen-bond acceptors (Lipinski definition) is 3. The zero-order chi connectivity index (χ0) is 12.0. The van der Waals surface area contributed by atoms with Gasteiger partial charge in [0, 0.05) is 18.4 Å². The van der Waals surface area contributed by atoms with E-state index in [4.69, 9.17) is 0 Å². The predicted octanol–water partition coefficient (Wildman–Crippen LogP) is 1.00. The van der Waals surface area contributed by atoms with E-state index >= 15 is 0 Å². The Bertz CT molecular complexity index is 356. The summed E-state index contributed by atoms with van der Waals surface area (Å²) in [4.78, 5) is 26.0. The molecule has 1 rings (SSSR count). The van der Waals surface area contributed by atoms with Gasteiger partial charge in [-0.3, -0.25) is 9.59 Å². The van der Waals surface area contributed by atoms with E-state index in [2.05, 4.69) is 10.3 Å². The van der Waals surface area contributed by atoms with Crippen LogP contribution in [0.4, 0.5) is 0 Å². The highest BCUT2D eigenvalue weighted by atomic mass is 16.2. The first-order chi connectivity index (χ1) is 7.71. The second-order valence-electron chi connectivity index (χ2n) is 3.61. The average molecular weight is 223 g/mol. The quantitative estimate of drug-likeness (QED) is 0.732. The third-order valence-electron chi connectivity index (χ3n) is 2.52. The van der Waals surface area contributed by atoms with Crippen molar-refractivity contribution >= 4 is 12.2 Å². The van der Waals surface area contributed by atoms with Crippen molar-refractivity contribution in [2.24, 2.45) is 0 Å². The van der Waals surface area contributed by atoms with E-state index in [9.17, 15) is 9.59 Å². The van der Waals surface area contributed by atoms with Gasteiger partial charge in [0.05, 0.1) is 0 Å². The predicted molar refractivity (Wildman–Crippen MR) is 60.1 cm³/mol. The number of aldehydes is 1. The molecule has 0 saturated heterocycles. The summed E-state index contributed by atoms with van der Waals surface area (Å²) in [6.45, 7) is 4.20. The number of aromatic nitrogens is 2. The van der Waals surface area contributed by atoms with Crippen LogP contribution in [0.1, 0.15) is 37.3 Å².